The zero-order valence-electron chi connectivity index (χ0n) is 9.17. The second kappa shape index (κ2) is 5.77. The van der Waals surface area contributed by atoms with Crippen molar-refractivity contribution in [2.24, 2.45) is 5.73 Å². The van der Waals surface area contributed by atoms with Gasteiger partial charge in [0.2, 0.25) is 0 Å². The summed E-state index contributed by atoms with van der Waals surface area (Å²) in [5, 5.41) is 4.30. The van der Waals surface area contributed by atoms with Gasteiger partial charge >= 0.3 is 0 Å². The molecule has 1 atom stereocenters. The van der Waals surface area contributed by atoms with E-state index in [1.807, 2.05) is 12.3 Å². The topological polar surface area (TPSA) is 38.9 Å². The molecule has 0 saturated heterocycles. The number of nitrogens with two attached hydrogens (primary N) is 1. The predicted octanol–water partition coefficient (Wildman–Crippen LogP) is 2.65. The van der Waals surface area contributed by atoms with E-state index in [1.165, 1.54) is 11.1 Å². The van der Waals surface area contributed by atoms with Gasteiger partial charge in [0.05, 0.1) is 0 Å². The normalized spacial score (nSPS) is 12.6. The molecule has 0 amide bonds. The van der Waals surface area contributed by atoms with Gasteiger partial charge in [0.15, 0.2) is 0 Å². The highest BCUT2D eigenvalue weighted by atomic mass is 32.1. The third kappa shape index (κ3) is 3.43. The molecule has 0 aliphatic carbocycles. The Labute approximate surface area is 100 Å². The van der Waals surface area contributed by atoms with Gasteiger partial charge in [0, 0.05) is 18.4 Å². The summed E-state index contributed by atoms with van der Waals surface area (Å²) >= 11 is 1.74. The Bertz CT molecular complexity index is 397. The van der Waals surface area contributed by atoms with Gasteiger partial charge in [0.1, 0.15) is 0 Å². The molecule has 0 aliphatic heterocycles. The second-order valence-electron chi connectivity index (χ2n) is 4.00. The van der Waals surface area contributed by atoms with E-state index in [2.05, 4.69) is 27.9 Å². The molecule has 16 heavy (non-hydrogen) atoms. The molecule has 0 radical (unpaired) electrons. The van der Waals surface area contributed by atoms with Gasteiger partial charge in [-0.15, -0.1) is 0 Å². The fourth-order valence-corrected chi connectivity index (χ4v) is 2.41. The van der Waals surface area contributed by atoms with E-state index in [-0.39, 0.29) is 6.04 Å². The van der Waals surface area contributed by atoms with Crippen LogP contribution in [0.1, 0.15) is 17.5 Å². The summed E-state index contributed by atoms with van der Waals surface area (Å²) in [6.45, 7) is 0. The highest BCUT2D eigenvalue weighted by Gasteiger charge is 2.04. The molecule has 3 heteroatoms. The van der Waals surface area contributed by atoms with Crippen molar-refractivity contribution in [2.75, 3.05) is 0 Å². The Kier molecular flexibility index (Phi) is 4.08. The van der Waals surface area contributed by atoms with Crippen LogP contribution in [-0.4, -0.2) is 11.0 Å². The van der Waals surface area contributed by atoms with Crippen LogP contribution >= 0.6 is 11.3 Å². The third-order valence-electron chi connectivity index (χ3n) is 2.60. The molecule has 2 aromatic heterocycles. The lowest BCUT2D eigenvalue weighted by Crippen LogP contribution is -2.23. The number of hydrogen-bond donors (Lipinski definition) is 1. The molecule has 0 aromatic carbocycles. The van der Waals surface area contributed by atoms with Gasteiger partial charge in [-0.1, -0.05) is 6.07 Å². The largest absolute Gasteiger partial charge is 0.327 e. The van der Waals surface area contributed by atoms with E-state index in [1.54, 1.807) is 17.5 Å². The summed E-state index contributed by atoms with van der Waals surface area (Å²) in [6.07, 6.45) is 6.71. The van der Waals surface area contributed by atoms with Crippen LogP contribution in [0.4, 0.5) is 0 Å². The summed E-state index contributed by atoms with van der Waals surface area (Å²) < 4.78 is 0. The number of pyridine rings is 1. The van der Waals surface area contributed by atoms with Crippen LogP contribution in [0, 0.1) is 0 Å². The fourth-order valence-electron chi connectivity index (χ4n) is 1.71. The summed E-state index contributed by atoms with van der Waals surface area (Å²) in [5.41, 5.74) is 8.72. The SMILES string of the molecule is NC(CCc1ccsc1)Cc1cccnc1. The van der Waals surface area contributed by atoms with Crippen LogP contribution in [0.5, 0.6) is 0 Å². The van der Waals surface area contributed by atoms with Gasteiger partial charge in [-0.05, 0) is 53.3 Å². The van der Waals surface area contributed by atoms with E-state index in [4.69, 9.17) is 5.73 Å². The number of rotatable bonds is 5. The first-order valence-corrected chi connectivity index (χ1v) is 6.44. The highest BCUT2D eigenvalue weighted by molar-refractivity contribution is 7.07. The summed E-state index contributed by atoms with van der Waals surface area (Å²) in [7, 11) is 0. The molecule has 1 unspecified atom stereocenters. The molecule has 84 valence electrons. The summed E-state index contributed by atoms with van der Waals surface area (Å²) in [5.74, 6) is 0. The van der Waals surface area contributed by atoms with Gasteiger partial charge in [-0.3, -0.25) is 4.98 Å². The Morgan fingerprint density at radius 2 is 2.25 bits per heavy atom. The quantitative estimate of drug-likeness (QED) is 0.860. The molecule has 2 heterocycles. The Morgan fingerprint density at radius 3 is 2.94 bits per heavy atom. The molecule has 0 fully saturated rings. The monoisotopic (exact) mass is 232 g/mol. The van der Waals surface area contributed by atoms with E-state index in [0.29, 0.717) is 0 Å². The molecular formula is C13H16N2S. The maximum Gasteiger partial charge on any atom is 0.0300 e. The van der Waals surface area contributed by atoms with Crippen molar-refractivity contribution < 1.29 is 0 Å². The van der Waals surface area contributed by atoms with Crippen molar-refractivity contribution in [2.45, 2.75) is 25.3 Å². The minimum Gasteiger partial charge on any atom is -0.327 e. The molecule has 2 rings (SSSR count). The Balaban J connectivity index is 1.78. The van der Waals surface area contributed by atoms with Crippen molar-refractivity contribution >= 4 is 11.3 Å². The number of thiophene rings is 1. The maximum absolute atomic E-state index is 6.10. The van der Waals surface area contributed by atoms with Crippen LogP contribution in [0.15, 0.2) is 41.4 Å². The molecular weight excluding hydrogens is 216 g/mol. The lowest BCUT2D eigenvalue weighted by atomic mass is 10.0. The lowest BCUT2D eigenvalue weighted by molar-refractivity contribution is 0.610. The van der Waals surface area contributed by atoms with Crippen LogP contribution in [-0.2, 0) is 12.8 Å². The highest BCUT2D eigenvalue weighted by Crippen LogP contribution is 2.11. The van der Waals surface area contributed by atoms with E-state index in [0.717, 1.165) is 19.3 Å². The molecule has 0 saturated carbocycles. The smallest absolute Gasteiger partial charge is 0.0300 e. The standard InChI is InChI=1S/C13H16N2S/c14-13(4-3-11-5-7-16-10-11)8-12-2-1-6-15-9-12/h1-2,5-7,9-10,13H,3-4,8,14H2. The lowest BCUT2D eigenvalue weighted by Gasteiger charge is -2.10. The van der Waals surface area contributed by atoms with Crippen LogP contribution < -0.4 is 5.73 Å². The van der Waals surface area contributed by atoms with Crippen LogP contribution in [0.2, 0.25) is 0 Å². The van der Waals surface area contributed by atoms with Gasteiger partial charge < -0.3 is 5.73 Å². The van der Waals surface area contributed by atoms with E-state index in [9.17, 15) is 0 Å². The van der Waals surface area contributed by atoms with Gasteiger partial charge in [-0.2, -0.15) is 11.3 Å². The second-order valence-corrected chi connectivity index (χ2v) is 4.78. The molecule has 0 spiro atoms. The van der Waals surface area contributed by atoms with Crippen LogP contribution in [0.3, 0.4) is 0 Å². The van der Waals surface area contributed by atoms with Crippen molar-refractivity contribution in [3.05, 3.63) is 52.5 Å². The molecule has 0 aliphatic rings. The first-order chi connectivity index (χ1) is 7.84. The average molecular weight is 232 g/mol. The minimum atomic E-state index is 0.226. The van der Waals surface area contributed by atoms with Crippen molar-refractivity contribution in [1.29, 1.82) is 0 Å². The number of hydrogen-bond acceptors (Lipinski definition) is 3. The van der Waals surface area contributed by atoms with Gasteiger partial charge in [0.25, 0.3) is 0 Å². The van der Waals surface area contributed by atoms with Gasteiger partial charge in [-0.25, -0.2) is 0 Å². The van der Waals surface area contributed by atoms with Crippen molar-refractivity contribution in [3.8, 4) is 0 Å². The van der Waals surface area contributed by atoms with Crippen molar-refractivity contribution in [3.63, 3.8) is 0 Å². The summed E-state index contributed by atoms with van der Waals surface area (Å²) in [6, 6.07) is 6.43. The number of aryl methyl sites for hydroxylation is 1. The Hall–Kier alpha value is -1.19. The maximum atomic E-state index is 6.10. The first-order valence-electron chi connectivity index (χ1n) is 5.50. The van der Waals surface area contributed by atoms with E-state index >= 15 is 0 Å². The van der Waals surface area contributed by atoms with Crippen molar-refractivity contribution in [1.82, 2.24) is 4.98 Å². The number of nitrogens with zero attached hydrogens (tertiary/aromatic N) is 1. The molecule has 2 aromatic rings. The van der Waals surface area contributed by atoms with E-state index < -0.39 is 0 Å². The zero-order chi connectivity index (χ0) is 11.2. The molecule has 2 nitrogen and oxygen atoms in total. The summed E-state index contributed by atoms with van der Waals surface area (Å²) in [4.78, 5) is 4.09. The zero-order valence-corrected chi connectivity index (χ0v) is 9.99. The third-order valence-corrected chi connectivity index (χ3v) is 3.34. The molecule has 2 N–H and O–H groups in total. The predicted molar refractivity (Wildman–Crippen MR) is 68.6 cm³/mol. The minimum absolute atomic E-state index is 0.226. The Morgan fingerprint density at radius 1 is 1.31 bits per heavy atom. The molecule has 0 bridgehead atoms. The number of aromatic nitrogens is 1. The average Bonchev–Trinajstić information content (AvgIpc) is 2.81. The fraction of sp³-hybridized carbons (Fsp3) is 0.308. The van der Waals surface area contributed by atoms with Crippen LogP contribution in [0.25, 0.3) is 0 Å². The first kappa shape index (κ1) is 11.3.